The molecule has 0 fully saturated rings. The molecule has 4 N–H and O–H groups in total. The van der Waals surface area contributed by atoms with Crippen LogP contribution in [0.5, 0.6) is 0 Å². The van der Waals surface area contributed by atoms with Crippen LogP contribution in [0.4, 0.5) is 11.4 Å². The number of primary amides is 1. The van der Waals surface area contributed by atoms with Gasteiger partial charge in [0.1, 0.15) is 5.82 Å². The molecule has 0 aliphatic rings. The van der Waals surface area contributed by atoms with Crippen LogP contribution in [0.2, 0.25) is 5.02 Å². The molecule has 0 saturated heterocycles. The van der Waals surface area contributed by atoms with E-state index in [2.05, 4.69) is 20.4 Å². The summed E-state index contributed by atoms with van der Waals surface area (Å²) in [5.74, 6) is -0.00924. The van der Waals surface area contributed by atoms with Gasteiger partial charge in [0.25, 0.3) is 5.91 Å². The van der Waals surface area contributed by atoms with Crippen molar-refractivity contribution in [1.82, 2.24) is 9.55 Å². The Kier molecular flexibility index (Phi) is 9.84. The summed E-state index contributed by atoms with van der Waals surface area (Å²) < 4.78 is 6.52. The first-order valence-corrected chi connectivity index (χ1v) is 12.4. The quantitative estimate of drug-likeness (QED) is 0.268. The minimum absolute atomic E-state index is 0.123. The number of carbonyl (C=O) groups is 3. The fourth-order valence-electron chi connectivity index (χ4n) is 3.52. The van der Waals surface area contributed by atoms with Crippen LogP contribution in [0, 0.1) is 0 Å². The van der Waals surface area contributed by atoms with Crippen molar-refractivity contribution in [2.45, 2.75) is 26.8 Å². The lowest BCUT2D eigenvalue weighted by Gasteiger charge is -2.07. The first-order valence-electron chi connectivity index (χ1n) is 12.0. The number of hydrogen-bond acceptors (Lipinski definition) is 6. The third kappa shape index (κ3) is 7.57. The average Bonchev–Trinajstić information content (AvgIpc) is 3.22. The fraction of sp³-hybridized carbons (Fsp3) is 0.214. The van der Waals surface area contributed by atoms with Crippen LogP contribution in [0.15, 0.2) is 66.7 Å². The molecule has 1 heterocycles. The molecular weight excluding hydrogens is 506 g/mol. The van der Waals surface area contributed by atoms with Crippen molar-refractivity contribution < 1.29 is 19.1 Å². The van der Waals surface area contributed by atoms with E-state index in [1.54, 1.807) is 74.5 Å². The Balaban J connectivity index is 0.000000505. The van der Waals surface area contributed by atoms with E-state index in [9.17, 15) is 14.4 Å². The maximum absolute atomic E-state index is 12.6. The number of halogens is 1. The van der Waals surface area contributed by atoms with E-state index in [4.69, 9.17) is 17.3 Å². The van der Waals surface area contributed by atoms with Crippen LogP contribution in [0.3, 0.4) is 0 Å². The molecule has 38 heavy (non-hydrogen) atoms. The molecule has 10 heteroatoms. The number of amides is 2. The number of imidazole rings is 1. The average molecular weight is 536 g/mol. The topological polar surface area (TPSA) is 128 Å². The summed E-state index contributed by atoms with van der Waals surface area (Å²) in [6, 6.07) is 19.3. The lowest BCUT2D eigenvalue weighted by molar-refractivity contribution is -0.142. The standard InChI is InChI=1S/C23H20ClN5O2.C5H10O2/c1-29-20-10-7-15(23(31)27-18-4-2-3-16(24)12-18)11-19(20)28-21(29)13-26-17-8-5-14(6-9-17)22(25)30;1-3-5(6)7-4-2/h2-12,26H,13H2,1H3,(H2,25,30)(H,27,31);3-4H2,1-2H3. The number of rotatable bonds is 8. The zero-order valence-corrected chi connectivity index (χ0v) is 22.2. The van der Waals surface area contributed by atoms with Crippen LogP contribution < -0.4 is 16.4 Å². The number of nitrogens with two attached hydrogens (primary N) is 1. The highest BCUT2D eigenvalue weighted by molar-refractivity contribution is 6.31. The first-order chi connectivity index (χ1) is 18.2. The highest BCUT2D eigenvalue weighted by atomic mass is 35.5. The van der Waals surface area contributed by atoms with Gasteiger partial charge < -0.3 is 25.7 Å². The lowest BCUT2D eigenvalue weighted by Crippen LogP contribution is -2.11. The Morgan fingerprint density at radius 3 is 2.29 bits per heavy atom. The molecule has 9 nitrogen and oxygen atoms in total. The molecule has 4 rings (SSSR count). The molecule has 0 aliphatic carbocycles. The molecule has 0 unspecified atom stereocenters. The third-order valence-electron chi connectivity index (χ3n) is 5.53. The minimum Gasteiger partial charge on any atom is -0.466 e. The predicted octanol–water partition coefficient (Wildman–Crippen LogP) is 5.15. The third-order valence-corrected chi connectivity index (χ3v) is 5.77. The summed E-state index contributed by atoms with van der Waals surface area (Å²) in [6.07, 6.45) is 0.480. The highest BCUT2D eigenvalue weighted by Gasteiger charge is 2.12. The highest BCUT2D eigenvalue weighted by Crippen LogP contribution is 2.20. The van der Waals surface area contributed by atoms with E-state index in [0.717, 1.165) is 22.5 Å². The molecule has 4 aromatic rings. The molecule has 0 radical (unpaired) electrons. The number of benzene rings is 3. The van der Waals surface area contributed by atoms with E-state index in [1.165, 1.54) is 0 Å². The molecule has 0 atom stereocenters. The largest absolute Gasteiger partial charge is 0.466 e. The van der Waals surface area contributed by atoms with Gasteiger partial charge >= 0.3 is 5.97 Å². The maximum Gasteiger partial charge on any atom is 0.305 e. The second kappa shape index (κ2) is 13.3. The molecular formula is C28H30ClN5O4. The van der Waals surface area contributed by atoms with E-state index in [1.807, 2.05) is 17.7 Å². The number of nitrogens with one attached hydrogen (secondary N) is 2. The monoisotopic (exact) mass is 535 g/mol. The van der Waals surface area contributed by atoms with Gasteiger partial charge in [-0.15, -0.1) is 0 Å². The number of aryl methyl sites for hydroxylation is 1. The number of nitrogens with zero attached hydrogens (tertiary/aromatic N) is 2. The molecule has 1 aromatic heterocycles. The zero-order chi connectivity index (χ0) is 27.7. The predicted molar refractivity (Wildman–Crippen MR) is 149 cm³/mol. The number of anilines is 2. The van der Waals surface area contributed by atoms with Gasteiger partial charge in [0.15, 0.2) is 0 Å². The van der Waals surface area contributed by atoms with E-state index < -0.39 is 5.91 Å². The van der Waals surface area contributed by atoms with Gasteiger partial charge in [0.05, 0.1) is 24.2 Å². The molecule has 0 spiro atoms. The van der Waals surface area contributed by atoms with Gasteiger partial charge in [-0.1, -0.05) is 24.6 Å². The van der Waals surface area contributed by atoms with Gasteiger partial charge in [-0.3, -0.25) is 14.4 Å². The lowest BCUT2D eigenvalue weighted by atomic mass is 10.2. The Labute approximate surface area is 225 Å². The van der Waals surface area contributed by atoms with E-state index >= 15 is 0 Å². The summed E-state index contributed by atoms with van der Waals surface area (Å²) in [5.41, 5.74) is 9.35. The van der Waals surface area contributed by atoms with Crippen molar-refractivity contribution >= 4 is 51.8 Å². The molecule has 3 aromatic carbocycles. The fourth-order valence-corrected chi connectivity index (χ4v) is 3.71. The summed E-state index contributed by atoms with van der Waals surface area (Å²) in [6.45, 7) is 4.55. The van der Waals surface area contributed by atoms with Crippen molar-refractivity contribution in [3.05, 3.63) is 88.7 Å². The van der Waals surface area contributed by atoms with Crippen LogP contribution in [0.1, 0.15) is 46.8 Å². The summed E-state index contributed by atoms with van der Waals surface area (Å²) in [7, 11) is 1.92. The molecule has 0 saturated carbocycles. The van der Waals surface area contributed by atoms with Gasteiger partial charge in [-0.2, -0.15) is 0 Å². The Hall–Kier alpha value is -4.37. The van der Waals surface area contributed by atoms with Crippen molar-refractivity contribution in [2.75, 3.05) is 17.2 Å². The van der Waals surface area contributed by atoms with Crippen molar-refractivity contribution in [3.8, 4) is 0 Å². The van der Waals surface area contributed by atoms with Crippen molar-refractivity contribution in [2.24, 2.45) is 12.8 Å². The van der Waals surface area contributed by atoms with E-state index in [0.29, 0.717) is 41.4 Å². The molecule has 2 amide bonds. The molecule has 0 aliphatic heterocycles. The first kappa shape index (κ1) is 28.2. The number of carbonyl (C=O) groups excluding carboxylic acids is 3. The van der Waals surface area contributed by atoms with Gasteiger partial charge in [0.2, 0.25) is 5.91 Å². The summed E-state index contributed by atoms with van der Waals surface area (Å²) >= 11 is 5.98. The SMILES string of the molecule is CCOC(=O)CC.Cn1c(CNc2ccc(C(N)=O)cc2)nc2cc(C(=O)Nc3cccc(Cl)c3)ccc21. The molecule has 198 valence electrons. The Morgan fingerprint density at radius 2 is 1.68 bits per heavy atom. The van der Waals surface area contributed by atoms with Crippen LogP contribution in [0.25, 0.3) is 11.0 Å². The van der Waals surface area contributed by atoms with Crippen LogP contribution in [-0.2, 0) is 23.1 Å². The maximum atomic E-state index is 12.6. The Morgan fingerprint density at radius 1 is 0.974 bits per heavy atom. The molecule has 0 bridgehead atoms. The van der Waals surface area contributed by atoms with Crippen LogP contribution >= 0.6 is 11.6 Å². The normalized spacial score (nSPS) is 10.3. The zero-order valence-electron chi connectivity index (χ0n) is 21.5. The summed E-state index contributed by atoms with van der Waals surface area (Å²) in [4.78, 5) is 38.6. The summed E-state index contributed by atoms with van der Waals surface area (Å²) in [5, 5.41) is 6.67. The van der Waals surface area contributed by atoms with Gasteiger partial charge in [-0.25, -0.2) is 4.98 Å². The van der Waals surface area contributed by atoms with Crippen molar-refractivity contribution in [1.29, 1.82) is 0 Å². The number of ether oxygens (including phenoxy) is 1. The second-order valence-electron chi connectivity index (χ2n) is 8.21. The minimum atomic E-state index is -0.461. The number of esters is 1. The van der Waals surface area contributed by atoms with Crippen molar-refractivity contribution in [3.63, 3.8) is 0 Å². The van der Waals surface area contributed by atoms with Gasteiger partial charge in [-0.05, 0) is 67.6 Å². The van der Waals surface area contributed by atoms with Gasteiger partial charge in [0, 0.05) is 41.0 Å². The number of hydrogen-bond donors (Lipinski definition) is 3. The van der Waals surface area contributed by atoms with Crippen LogP contribution in [-0.4, -0.2) is 33.9 Å². The second-order valence-corrected chi connectivity index (χ2v) is 8.65. The smallest absolute Gasteiger partial charge is 0.305 e. The number of fused-ring (bicyclic) bond motifs is 1. The Bertz CT molecular complexity index is 1430. The number of aromatic nitrogens is 2. The van der Waals surface area contributed by atoms with E-state index in [-0.39, 0.29) is 11.9 Å².